The molecule has 0 spiro atoms. The molecule has 21 heavy (non-hydrogen) atoms. The Kier molecular flexibility index (Phi) is 5.24. The molecule has 0 amide bonds. The summed E-state index contributed by atoms with van der Waals surface area (Å²) in [5.41, 5.74) is 1.15. The van der Waals surface area contributed by atoms with Gasteiger partial charge in [-0.05, 0) is 32.4 Å². The summed E-state index contributed by atoms with van der Waals surface area (Å²) in [6.07, 6.45) is 0.800. The molecule has 0 bridgehead atoms. The standard InChI is InChI=1S/C15H25N3O2S/c1-4-10-16-21(19,20)17-11-13(2)18(14(3)12-17)15-8-6-5-7-9-15/h5-9,13-14,16H,4,10-12H2,1-3H3. The molecular weight excluding hydrogens is 286 g/mol. The van der Waals surface area contributed by atoms with Gasteiger partial charge in [0.25, 0.3) is 10.2 Å². The highest BCUT2D eigenvalue weighted by Gasteiger charge is 2.35. The normalized spacial score (nSPS) is 24.2. The largest absolute Gasteiger partial charge is 0.363 e. The predicted octanol–water partition coefficient (Wildman–Crippen LogP) is 1.83. The van der Waals surface area contributed by atoms with E-state index in [0.717, 1.165) is 12.1 Å². The van der Waals surface area contributed by atoms with Crippen molar-refractivity contribution >= 4 is 15.9 Å². The third-order valence-corrected chi connectivity index (χ3v) is 5.36. The van der Waals surface area contributed by atoms with E-state index in [0.29, 0.717) is 19.6 Å². The summed E-state index contributed by atoms with van der Waals surface area (Å²) >= 11 is 0. The van der Waals surface area contributed by atoms with Gasteiger partial charge in [0.15, 0.2) is 0 Å². The highest BCUT2D eigenvalue weighted by Crippen LogP contribution is 2.25. The minimum Gasteiger partial charge on any atom is -0.363 e. The van der Waals surface area contributed by atoms with E-state index in [9.17, 15) is 8.42 Å². The van der Waals surface area contributed by atoms with Crippen molar-refractivity contribution in [3.63, 3.8) is 0 Å². The lowest BCUT2D eigenvalue weighted by atomic mass is 10.1. The highest BCUT2D eigenvalue weighted by molar-refractivity contribution is 7.87. The zero-order valence-electron chi connectivity index (χ0n) is 13.0. The Morgan fingerprint density at radius 1 is 1.14 bits per heavy atom. The van der Waals surface area contributed by atoms with Crippen molar-refractivity contribution in [3.8, 4) is 0 Å². The molecule has 6 heteroatoms. The zero-order valence-corrected chi connectivity index (χ0v) is 13.8. The summed E-state index contributed by atoms with van der Waals surface area (Å²) in [7, 11) is -3.36. The average Bonchev–Trinajstić information content (AvgIpc) is 2.45. The van der Waals surface area contributed by atoms with Crippen LogP contribution in [0.3, 0.4) is 0 Å². The molecule has 2 rings (SSSR count). The molecule has 0 aromatic heterocycles. The van der Waals surface area contributed by atoms with Crippen molar-refractivity contribution in [3.05, 3.63) is 30.3 Å². The molecule has 5 nitrogen and oxygen atoms in total. The fourth-order valence-electron chi connectivity index (χ4n) is 2.90. The first kappa shape index (κ1) is 16.3. The van der Waals surface area contributed by atoms with E-state index >= 15 is 0 Å². The van der Waals surface area contributed by atoms with Crippen molar-refractivity contribution in [2.24, 2.45) is 0 Å². The van der Waals surface area contributed by atoms with Crippen LogP contribution >= 0.6 is 0 Å². The van der Waals surface area contributed by atoms with Crippen molar-refractivity contribution in [1.82, 2.24) is 9.03 Å². The van der Waals surface area contributed by atoms with E-state index in [-0.39, 0.29) is 12.1 Å². The van der Waals surface area contributed by atoms with E-state index < -0.39 is 10.2 Å². The van der Waals surface area contributed by atoms with Crippen LogP contribution in [0.5, 0.6) is 0 Å². The number of nitrogens with zero attached hydrogens (tertiary/aromatic N) is 2. The summed E-state index contributed by atoms with van der Waals surface area (Å²) in [5, 5.41) is 0. The molecule has 0 radical (unpaired) electrons. The van der Waals surface area contributed by atoms with Crippen molar-refractivity contribution in [1.29, 1.82) is 0 Å². The predicted molar refractivity (Wildman–Crippen MR) is 86.6 cm³/mol. The van der Waals surface area contributed by atoms with Crippen LogP contribution in [0.4, 0.5) is 5.69 Å². The number of rotatable bonds is 5. The summed E-state index contributed by atoms with van der Waals surface area (Å²) in [6, 6.07) is 10.5. The quantitative estimate of drug-likeness (QED) is 0.902. The van der Waals surface area contributed by atoms with Crippen LogP contribution < -0.4 is 9.62 Å². The lowest BCUT2D eigenvalue weighted by molar-refractivity contribution is 0.298. The molecule has 2 atom stereocenters. The van der Waals surface area contributed by atoms with Gasteiger partial charge in [0.1, 0.15) is 0 Å². The van der Waals surface area contributed by atoms with Gasteiger partial charge in [-0.15, -0.1) is 0 Å². The Labute approximate surface area is 128 Å². The number of piperazine rings is 1. The molecule has 1 aromatic carbocycles. The summed E-state index contributed by atoms with van der Waals surface area (Å²) in [5.74, 6) is 0. The smallest absolute Gasteiger partial charge is 0.279 e. The first-order valence-electron chi connectivity index (χ1n) is 7.54. The number of nitrogens with one attached hydrogen (secondary N) is 1. The minimum absolute atomic E-state index is 0.148. The zero-order chi connectivity index (χ0) is 15.5. The van der Waals surface area contributed by atoms with E-state index in [4.69, 9.17) is 0 Å². The van der Waals surface area contributed by atoms with Gasteiger partial charge in [0, 0.05) is 37.4 Å². The Bertz CT molecular complexity index is 535. The summed E-state index contributed by atoms with van der Waals surface area (Å²) < 4.78 is 28.8. The van der Waals surface area contributed by atoms with Gasteiger partial charge >= 0.3 is 0 Å². The topological polar surface area (TPSA) is 52.7 Å². The number of para-hydroxylation sites is 1. The average molecular weight is 311 g/mol. The molecule has 1 aliphatic rings. The SMILES string of the molecule is CCCNS(=O)(=O)N1CC(C)N(c2ccccc2)C(C)C1. The maximum absolute atomic E-state index is 12.3. The third-order valence-electron chi connectivity index (χ3n) is 3.81. The fraction of sp³-hybridized carbons (Fsp3) is 0.600. The van der Waals surface area contributed by atoms with Crippen LogP contribution in [0.15, 0.2) is 30.3 Å². The van der Waals surface area contributed by atoms with E-state index in [1.807, 2.05) is 25.1 Å². The van der Waals surface area contributed by atoms with E-state index in [1.165, 1.54) is 0 Å². The van der Waals surface area contributed by atoms with Gasteiger partial charge in [-0.3, -0.25) is 0 Å². The van der Waals surface area contributed by atoms with E-state index in [1.54, 1.807) is 4.31 Å². The minimum atomic E-state index is -3.36. The van der Waals surface area contributed by atoms with Crippen LogP contribution in [0.2, 0.25) is 0 Å². The van der Waals surface area contributed by atoms with Crippen LogP contribution in [0.1, 0.15) is 27.2 Å². The Balaban J connectivity index is 2.12. The van der Waals surface area contributed by atoms with Crippen molar-refractivity contribution in [2.75, 3.05) is 24.5 Å². The van der Waals surface area contributed by atoms with Crippen LogP contribution in [-0.4, -0.2) is 44.4 Å². The summed E-state index contributed by atoms with van der Waals surface area (Å²) in [4.78, 5) is 2.30. The maximum Gasteiger partial charge on any atom is 0.279 e. The fourth-order valence-corrected chi connectivity index (χ4v) is 4.37. The first-order chi connectivity index (χ1) is 9.95. The van der Waals surface area contributed by atoms with Crippen molar-refractivity contribution in [2.45, 2.75) is 39.3 Å². The van der Waals surface area contributed by atoms with Gasteiger partial charge in [-0.1, -0.05) is 25.1 Å². The maximum atomic E-state index is 12.3. The van der Waals surface area contributed by atoms with Crippen LogP contribution in [0, 0.1) is 0 Å². The summed E-state index contributed by atoms with van der Waals surface area (Å²) in [6.45, 7) is 7.62. The number of hydrogen-bond acceptors (Lipinski definition) is 3. The monoisotopic (exact) mass is 311 g/mol. The lowest BCUT2D eigenvalue weighted by Gasteiger charge is -2.45. The molecule has 2 unspecified atom stereocenters. The second-order valence-electron chi connectivity index (χ2n) is 5.66. The Morgan fingerprint density at radius 3 is 2.24 bits per heavy atom. The Morgan fingerprint density at radius 2 is 1.71 bits per heavy atom. The molecule has 1 fully saturated rings. The molecular formula is C15H25N3O2S. The molecule has 1 aromatic rings. The third kappa shape index (κ3) is 3.75. The molecule has 0 saturated carbocycles. The second-order valence-corrected chi connectivity index (χ2v) is 7.41. The first-order valence-corrected chi connectivity index (χ1v) is 8.98. The van der Waals surface area contributed by atoms with Gasteiger partial charge in [-0.2, -0.15) is 12.7 Å². The number of benzene rings is 1. The number of anilines is 1. The van der Waals surface area contributed by atoms with Crippen LogP contribution in [-0.2, 0) is 10.2 Å². The highest BCUT2D eigenvalue weighted by atomic mass is 32.2. The molecule has 0 aliphatic carbocycles. The molecule has 1 N–H and O–H groups in total. The Hall–Kier alpha value is -1.11. The van der Waals surface area contributed by atoms with Gasteiger partial charge in [-0.25, -0.2) is 4.72 Å². The van der Waals surface area contributed by atoms with Gasteiger partial charge in [0.2, 0.25) is 0 Å². The van der Waals surface area contributed by atoms with Gasteiger partial charge in [0.05, 0.1) is 0 Å². The van der Waals surface area contributed by atoms with Crippen LogP contribution in [0.25, 0.3) is 0 Å². The second kappa shape index (κ2) is 6.77. The van der Waals surface area contributed by atoms with Gasteiger partial charge < -0.3 is 4.90 Å². The lowest BCUT2D eigenvalue weighted by Crippen LogP contribution is -2.60. The molecule has 1 heterocycles. The number of hydrogen-bond donors (Lipinski definition) is 1. The van der Waals surface area contributed by atoms with E-state index in [2.05, 4.69) is 35.6 Å². The molecule has 1 aliphatic heterocycles. The van der Waals surface area contributed by atoms with Crippen molar-refractivity contribution < 1.29 is 8.42 Å². The molecule has 1 saturated heterocycles. The molecule has 118 valence electrons.